The van der Waals surface area contributed by atoms with Crippen molar-refractivity contribution in [3.63, 3.8) is 0 Å². The van der Waals surface area contributed by atoms with Gasteiger partial charge in [0, 0.05) is 89.0 Å². The van der Waals surface area contributed by atoms with E-state index >= 15 is 0 Å². The number of phenols is 1. The Morgan fingerprint density at radius 3 is 1.79 bits per heavy atom. The number of hydrogen-bond donors (Lipinski definition) is 3. The molecule has 18 nitrogen and oxygen atoms in total. The van der Waals surface area contributed by atoms with E-state index in [9.17, 15) is 47.5 Å². The van der Waals surface area contributed by atoms with Gasteiger partial charge in [-0.15, -0.1) is 5.11 Å². The number of carbonyl (C=O) groups is 4. The number of carbonyl (C=O) groups excluding carboxylic acids is 3. The molecule has 0 bridgehead atoms. The molecule has 0 radical (unpaired) electrons. The van der Waals surface area contributed by atoms with Crippen LogP contribution in [0.25, 0.3) is 10.8 Å². The molecule has 9 aromatic carbocycles. The maximum Gasteiger partial charge on any atom is 2.00 e. The molecule has 0 atom stereocenters. The van der Waals surface area contributed by atoms with Crippen LogP contribution < -0.4 is 30.1 Å². The Morgan fingerprint density at radius 2 is 1.21 bits per heavy atom. The number of nitrogens with two attached hydrogens (primary N) is 1. The second kappa shape index (κ2) is 25.2. The summed E-state index contributed by atoms with van der Waals surface area (Å²) in [7, 11) is -4.81. The van der Waals surface area contributed by atoms with Gasteiger partial charge >= 0.3 is 49.7 Å². The van der Waals surface area contributed by atoms with Gasteiger partial charge in [-0.2, -0.15) is 5.11 Å². The van der Waals surface area contributed by atoms with Crippen LogP contribution in [0.1, 0.15) is 103 Å². The molecule has 86 heavy (non-hydrogen) atoms. The summed E-state index contributed by atoms with van der Waals surface area (Å²) in [6, 6.07) is 48.4. The zero-order valence-corrected chi connectivity index (χ0v) is 50.4. The van der Waals surface area contributed by atoms with Crippen LogP contribution in [-0.4, -0.2) is 111 Å². The number of carboxylic acids is 1. The van der Waals surface area contributed by atoms with Crippen molar-refractivity contribution in [2.75, 3.05) is 41.7 Å². The predicted molar refractivity (Wildman–Crippen MR) is 324 cm³/mol. The smallest absolute Gasteiger partial charge is 0.870 e. The fourth-order valence-corrected chi connectivity index (χ4v) is 11.5. The Morgan fingerprint density at radius 1 is 0.663 bits per heavy atom. The number of para-hydroxylation sites is 1. The molecule has 0 fully saturated rings. The molecule has 4 N–H and O–H groups in total. The predicted octanol–water partition coefficient (Wildman–Crippen LogP) is 12.3. The molecule has 1 spiro atoms. The molecule has 0 saturated heterocycles. The fraction of sp³-hybridized carbons (Fsp3) is 0.152. The normalized spacial score (nSPS) is 13.0. The van der Waals surface area contributed by atoms with Crippen molar-refractivity contribution in [2.24, 2.45) is 10.2 Å². The number of aromatic carboxylic acids is 1. The van der Waals surface area contributed by atoms with Crippen LogP contribution in [0.5, 0.6) is 34.5 Å². The van der Waals surface area contributed by atoms with E-state index in [0.29, 0.717) is 27.6 Å². The van der Waals surface area contributed by atoms with Gasteiger partial charge in [-0.25, -0.2) is 18.0 Å². The number of rotatable bonds is 12. The number of anilines is 3. The van der Waals surface area contributed by atoms with Gasteiger partial charge in [0.1, 0.15) is 38.8 Å². The molecular weight excluding hydrogens is 1140 g/mol. The maximum atomic E-state index is 13.0. The van der Waals surface area contributed by atoms with E-state index in [1.54, 1.807) is 79.7 Å². The number of aryl methyl sites for hydroxylation is 1. The van der Waals surface area contributed by atoms with Crippen LogP contribution in [-0.2, 0) is 20.5 Å². The Hall–Kier alpha value is -9.11. The summed E-state index contributed by atoms with van der Waals surface area (Å²) in [5.41, 5.74) is 10.5. The molecule has 20 heteroatoms. The van der Waals surface area contributed by atoms with Crippen molar-refractivity contribution in [2.45, 2.75) is 45.1 Å². The van der Waals surface area contributed by atoms with Crippen LogP contribution in [0, 0.1) is 6.92 Å². The van der Waals surface area contributed by atoms with Crippen LogP contribution in [0.3, 0.4) is 0 Å². The minimum absolute atomic E-state index is 0. The van der Waals surface area contributed by atoms with Crippen LogP contribution >= 0.6 is 0 Å². The minimum atomic E-state index is -4.81. The Balaban J connectivity index is 0.000000155. The number of fused-ring (bicyclic) bond motifs is 9. The number of nitrogens with zero attached hydrogens (tertiary/aromatic N) is 4. The van der Waals surface area contributed by atoms with Crippen LogP contribution in [0.2, 0.25) is 0 Å². The molecule has 1 aliphatic carbocycles. The third kappa shape index (κ3) is 11.5. The summed E-state index contributed by atoms with van der Waals surface area (Å²) in [5, 5.41) is 40.4. The van der Waals surface area contributed by atoms with Crippen molar-refractivity contribution in [1.29, 1.82) is 0 Å². The molecule has 2 heterocycles. The van der Waals surface area contributed by atoms with Gasteiger partial charge in [-0.1, -0.05) is 96.7 Å². The number of hydrogen-bond acceptors (Lipinski definition) is 17. The molecule has 0 aromatic heterocycles. The van der Waals surface area contributed by atoms with E-state index in [0.717, 1.165) is 71.8 Å². The number of phenolic OH excluding ortho intramolecular Hbond substituents is 1. The van der Waals surface area contributed by atoms with E-state index in [1.807, 2.05) is 30.3 Å². The van der Waals surface area contributed by atoms with Crippen molar-refractivity contribution >= 4 is 111 Å². The van der Waals surface area contributed by atoms with Gasteiger partial charge in [-0.3, -0.25) is 9.59 Å². The van der Waals surface area contributed by atoms with Gasteiger partial charge in [0.15, 0.2) is 22.9 Å². The van der Waals surface area contributed by atoms with Crippen molar-refractivity contribution < 1.29 is 61.7 Å². The number of esters is 1. The van der Waals surface area contributed by atoms with E-state index < -0.39 is 49.5 Å². The molecule has 0 amide bonds. The molecule has 430 valence electrons. The zero-order chi connectivity index (χ0) is 60.5. The minimum Gasteiger partial charge on any atom is -0.870 e. The quantitative estimate of drug-likeness (QED) is 0.0256. The molecule has 9 aromatic rings. The van der Waals surface area contributed by atoms with Gasteiger partial charge in [0.05, 0.1) is 38.5 Å². The van der Waals surface area contributed by atoms with Gasteiger partial charge < -0.3 is 49.6 Å². The SMILES string of the molecule is CCN(CC)c1ccc2c(c1)Oc1cc(N(CC)CC)ccc1C21OC(=O)c2ccccc21.Cc1ccc(N=Nc2c([O-])c(C(=O)O)cc3ccccc23)c(S(=O)(=O)[O-])c1.Nc1c(Oc2ccccc2)cc(O)c2c1C(=O)c1ccccc1C2=O.[Ca+2]. The summed E-state index contributed by atoms with van der Waals surface area (Å²) < 4.78 is 52.8. The summed E-state index contributed by atoms with van der Waals surface area (Å²) in [6.45, 7) is 13.8. The third-order valence-electron chi connectivity index (χ3n) is 14.9. The summed E-state index contributed by atoms with van der Waals surface area (Å²) >= 11 is 0. The second-order valence-electron chi connectivity index (χ2n) is 19.9. The first kappa shape index (κ1) is 61.5. The average molecular weight is 1200 g/mol. The number of benzene rings is 9. The number of ketones is 2. The van der Waals surface area contributed by atoms with Gasteiger partial charge in [0.2, 0.25) is 0 Å². The number of ether oxygens (including phenoxy) is 3. The molecule has 2 aliphatic heterocycles. The Bertz CT molecular complexity index is 4260. The van der Waals surface area contributed by atoms with Crippen LogP contribution in [0.15, 0.2) is 185 Å². The second-order valence-corrected chi connectivity index (χ2v) is 21.2. The first-order valence-electron chi connectivity index (χ1n) is 27.1. The number of azo groups is 1. The summed E-state index contributed by atoms with van der Waals surface area (Å²) in [4.78, 5) is 53.9. The number of nitrogen functional groups attached to an aromatic ring is 1. The van der Waals surface area contributed by atoms with E-state index in [1.165, 1.54) is 24.3 Å². The Labute approximate surface area is 525 Å². The van der Waals surface area contributed by atoms with E-state index in [4.69, 9.17) is 19.9 Å². The number of aromatic hydroxyl groups is 1. The largest absolute Gasteiger partial charge is 2.00 e. The zero-order valence-electron chi connectivity index (χ0n) is 47.4. The fourth-order valence-electron chi connectivity index (χ4n) is 10.8. The number of carboxylic acid groups (broad SMARTS) is 1. The first-order valence-corrected chi connectivity index (χ1v) is 28.5. The van der Waals surface area contributed by atoms with E-state index in [2.05, 4.69) is 84.1 Å². The first-order chi connectivity index (χ1) is 40.8. The van der Waals surface area contributed by atoms with Crippen LogP contribution in [0.4, 0.5) is 28.4 Å². The topological polar surface area (TPSA) is 274 Å². The summed E-state index contributed by atoms with van der Waals surface area (Å²) in [6.07, 6.45) is 0. The molecule has 0 saturated carbocycles. The molecule has 12 rings (SSSR count). The molecule has 3 aliphatic rings. The standard InChI is InChI=1S/C28H30N2O3.C20H13NO4.C18H14N2O6S.Ca/c1-5-29(6-2)19-13-15-23-25(17-19)32-26-18-20(30(7-3)8-4)14-16-24(26)28(23)22-12-10-9-11-21(22)27(31)33-28;21-18-15(25-11-6-2-1-3-7-11)10-14(22)16-17(18)20(24)13-9-5-4-8-12(13)19(16)23;1-10-6-7-14(15(8-10)27(24,25)26)19-20-16-12-5-3-2-4-11(12)9-13(17(16)21)18(22)23;/h9-18H,5-8H2,1-4H3;1-10,22H,21H2;2-9,21H,1H3,(H,22,23)(H,24,25,26);/q;;;+2/p-2. The molecule has 0 unspecified atom stereocenters. The maximum absolute atomic E-state index is 13.0. The van der Waals surface area contributed by atoms with E-state index in [-0.39, 0.29) is 94.5 Å². The third-order valence-corrected chi connectivity index (χ3v) is 15.8. The summed E-state index contributed by atoms with van der Waals surface area (Å²) in [5.74, 6) is -1.65. The van der Waals surface area contributed by atoms with Gasteiger partial charge in [-0.05, 0) is 106 Å². The van der Waals surface area contributed by atoms with Crippen molar-refractivity contribution in [3.05, 3.63) is 225 Å². The van der Waals surface area contributed by atoms with Gasteiger partial charge in [0.25, 0.3) is 0 Å². The van der Waals surface area contributed by atoms with Crippen molar-refractivity contribution in [3.8, 4) is 34.5 Å². The Kier molecular flexibility index (Phi) is 18.0. The monoisotopic (exact) mass is 1200 g/mol. The average Bonchev–Trinajstić information content (AvgIpc) is 1.43. The van der Waals surface area contributed by atoms with Crippen molar-refractivity contribution in [1.82, 2.24) is 0 Å². The molecular formula is C66H55CaN5O13S.